The second-order valence-corrected chi connectivity index (χ2v) is 3.40. The summed E-state index contributed by atoms with van der Waals surface area (Å²) in [4.78, 5) is 45.8. The van der Waals surface area contributed by atoms with Crippen LogP contribution in [0.1, 0.15) is 20.7 Å². The van der Waals surface area contributed by atoms with Gasteiger partial charge < -0.3 is 29.8 Å². The molecular formula is C12H8BaN2O6. The summed E-state index contributed by atoms with van der Waals surface area (Å²) in [6.45, 7) is 0. The van der Waals surface area contributed by atoms with Crippen molar-refractivity contribution >= 4 is 60.8 Å². The number of pyridine rings is 2. The van der Waals surface area contributed by atoms with Crippen molar-refractivity contribution in [2.45, 2.75) is 0 Å². The van der Waals surface area contributed by atoms with Crippen molar-refractivity contribution < 1.29 is 19.8 Å². The molecule has 2 heterocycles. The van der Waals surface area contributed by atoms with Crippen molar-refractivity contribution in [2.75, 3.05) is 0 Å². The first-order valence-corrected chi connectivity index (χ1v) is 5.21. The Morgan fingerprint density at radius 1 is 0.810 bits per heavy atom. The van der Waals surface area contributed by atoms with Crippen molar-refractivity contribution in [3.63, 3.8) is 0 Å². The van der Waals surface area contributed by atoms with Crippen molar-refractivity contribution in [3.05, 3.63) is 68.5 Å². The fourth-order valence-corrected chi connectivity index (χ4v) is 1.16. The molecule has 104 valence electrons. The molecule has 0 atom stereocenters. The van der Waals surface area contributed by atoms with Crippen LogP contribution in [0.15, 0.2) is 46.2 Å². The molecule has 8 nitrogen and oxygen atoms in total. The van der Waals surface area contributed by atoms with Gasteiger partial charge >= 0.3 is 48.9 Å². The average molecular weight is 414 g/mol. The van der Waals surface area contributed by atoms with E-state index in [0.29, 0.717) is 0 Å². The number of aromatic amines is 2. The number of carbonyl (C=O) groups excluding carboxylic acids is 2. The van der Waals surface area contributed by atoms with Crippen LogP contribution >= 0.6 is 0 Å². The van der Waals surface area contributed by atoms with Crippen LogP contribution in [0.25, 0.3) is 0 Å². The Balaban J connectivity index is 0.000000364. The number of nitrogens with one attached hydrogen (secondary N) is 2. The Morgan fingerprint density at radius 3 is 1.33 bits per heavy atom. The predicted octanol–water partition coefficient (Wildman–Crippen LogP) is -2.90. The fourth-order valence-electron chi connectivity index (χ4n) is 1.16. The zero-order chi connectivity index (χ0) is 15.1. The van der Waals surface area contributed by atoms with E-state index in [2.05, 4.69) is 9.97 Å². The van der Waals surface area contributed by atoms with E-state index in [1.807, 2.05) is 0 Å². The average Bonchev–Trinajstić information content (AvgIpc) is 2.40. The maximum atomic E-state index is 10.6. The van der Waals surface area contributed by atoms with Crippen LogP contribution in [-0.4, -0.2) is 70.8 Å². The van der Waals surface area contributed by atoms with Gasteiger partial charge in [0.1, 0.15) is 0 Å². The van der Waals surface area contributed by atoms with E-state index in [9.17, 15) is 29.4 Å². The molecule has 0 aliphatic rings. The molecule has 2 N–H and O–H groups in total. The van der Waals surface area contributed by atoms with E-state index in [0.717, 1.165) is 0 Å². The topological polar surface area (TPSA) is 146 Å². The zero-order valence-electron chi connectivity index (χ0n) is 10.6. The van der Waals surface area contributed by atoms with Crippen LogP contribution in [-0.2, 0) is 0 Å². The standard InChI is InChI=1S/2C6H5NO3.Ba/c2*8-5-4(6(9)10)2-1-3-7-5;/h2*1-3H,(H,7,8)(H,9,10);/q;;+2/p-2. The van der Waals surface area contributed by atoms with Crippen LogP contribution in [0.2, 0.25) is 0 Å². The summed E-state index contributed by atoms with van der Waals surface area (Å²) >= 11 is 0. The van der Waals surface area contributed by atoms with Gasteiger partial charge in [-0.05, 0) is 24.3 Å². The van der Waals surface area contributed by atoms with E-state index in [-0.39, 0.29) is 60.0 Å². The number of carboxylic acid groups (broad SMARTS) is 2. The smallest absolute Gasteiger partial charge is 0.545 e. The molecule has 0 saturated carbocycles. The number of hydrogen-bond donors (Lipinski definition) is 2. The van der Waals surface area contributed by atoms with E-state index in [1.54, 1.807) is 0 Å². The number of carboxylic acids is 2. The van der Waals surface area contributed by atoms with Gasteiger partial charge in [0.25, 0.3) is 11.1 Å². The van der Waals surface area contributed by atoms with Gasteiger partial charge in [0.2, 0.25) is 0 Å². The Kier molecular flexibility index (Phi) is 8.66. The largest absolute Gasteiger partial charge is 2.00 e. The minimum Gasteiger partial charge on any atom is -0.545 e. The van der Waals surface area contributed by atoms with Gasteiger partial charge in [-0.2, -0.15) is 0 Å². The number of aromatic carboxylic acids is 2. The van der Waals surface area contributed by atoms with Crippen LogP contribution < -0.4 is 21.3 Å². The van der Waals surface area contributed by atoms with Crippen LogP contribution in [0.3, 0.4) is 0 Å². The maximum absolute atomic E-state index is 10.6. The molecule has 0 unspecified atom stereocenters. The summed E-state index contributed by atoms with van der Waals surface area (Å²) in [6, 6.07) is 5.22. The van der Waals surface area contributed by atoms with Gasteiger partial charge in [0, 0.05) is 12.4 Å². The summed E-state index contributed by atoms with van der Waals surface area (Å²) in [5.74, 6) is -2.91. The molecule has 0 spiro atoms. The first-order valence-electron chi connectivity index (χ1n) is 5.21. The van der Waals surface area contributed by atoms with Gasteiger partial charge in [0.15, 0.2) is 0 Å². The number of hydrogen-bond acceptors (Lipinski definition) is 6. The van der Waals surface area contributed by atoms with E-state index in [1.165, 1.54) is 36.7 Å². The van der Waals surface area contributed by atoms with Gasteiger partial charge in [-0.3, -0.25) is 9.59 Å². The van der Waals surface area contributed by atoms with E-state index < -0.39 is 23.1 Å². The van der Waals surface area contributed by atoms with Crippen molar-refractivity contribution in [1.29, 1.82) is 0 Å². The number of aromatic nitrogens is 2. The molecule has 2 aromatic heterocycles. The summed E-state index contributed by atoms with van der Waals surface area (Å²) in [5, 5.41) is 20.2. The van der Waals surface area contributed by atoms with E-state index in [4.69, 9.17) is 0 Å². The predicted molar refractivity (Wildman–Crippen MR) is 68.5 cm³/mol. The Labute approximate surface area is 157 Å². The van der Waals surface area contributed by atoms with Gasteiger partial charge in [-0.15, -0.1) is 0 Å². The second kappa shape index (κ2) is 9.37. The molecule has 0 saturated heterocycles. The first kappa shape index (κ1) is 19.4. The summed E-state index contributed by atoms with van der Waals surface area (Å²) in [7, 11) is 0. The Hall–Kier alpha value is -1.59. The van der Waals surface area contributed by atoms with Crippen molar-refractivity contribution in [3.8, 4) is 0 Å². The molecule has 0 fully saturated rings. The van der Waals surface area contributed by atoms with Gasteiger partial charge in [-0.1, -0.05) is 0 Å². The van der Waals surface area contributed by atoms with Gasteiger partial charge in [0.05, 0.1) is 23.1 Å². The molecule has 21 heavy (non-hydrogen) atoms. The van der Waals surface area contributed by atoms with Crippen molar-refractivity contribution in [1.82, 2.24) is 9.97 Å². The van der Waals surface area contributed by atoms with Gasteiger partial charge in [-0.25, -0.2) is 0 Å². The molecule has 0 aliphatic carbocycles. The molecule has 0 bridgehead atoms. The molecule has 0 radical (unpaired) electrons. The minimum absolute atomic E-state index is 0. The third-order valence-corrected chi connectivity index (χ3v) is 2.08. The number of rotatable bonds is 2. The Bertz CT molecular complexity index is 673. The normalized spacial score (nSPS) is 8.76. The van der Waals surface area contributed by atoms with Crippen molar-refractivity contribution in [2.24, 2.45) is 0 Å². The minimum atomic E-state index is -1.46. The van der Waals surface area contributed by atoms with Crippen LogP contribution in [0, 0.1) is 0 Å². The van der Waals surface area contributed by atoms with Crippen LogP contribution in [0.5, 0.6) is 0 Å². The van der Waals surface area contributed by atoms with E-state index >= 15 is 0 Å². The molecule has 0 aromatic carbocycles. The quantitative estimate of drug-likeness (QED) is 0.505. The monoisotopic (exact) mass is 414 g/mol. The second-order valence-electron chi connectivity index (χ2n) is 3.40. The molecular weight excluding hydrogens is 405 g/mol. The first-order chi connectivity index (χ1) is 9.43. The van der Waals surface area contributed by atoms with Crippen LogP contribution in [0.4, 0.5) is 0 Å². The Morgan fingerprint density at radius 2 is 1.14 bits per heavy atom. The fraction of sp³-hybridized carbons (Fsp3) is 0. The maximum Gasteiger partial charge on any atom is 2.00 e. The molecule has 2 rings (SSSR count). The third kappa shape index (κ3) is 6.14. The summed E-state index contributed by atoms with van der Waals surface area (Å²) in [6.07, 6.45) is 2.71. The molecule has 2 aromatic rings. The summed E-state index contributed by atoms with van der Waals surface area (Å²) < 4.78 is 0. The SMILES string of the molecule is O=C([O-])c1ccc[nH]c1=O.O=C([O-])c1ccc[nH]c1=O.[Ba+2]. The summed E-state index contributed by atoms with van der Waals surface area (Å²) in [5.41, 5.74) is -1.96. The molecule has 0 aliphatic heterocycles. The molecule has 9 heteroatoms. The molecule has 0 amide bonds. The number of H-pyrrole nitrogens is 2. The zero-order valence-corrected chi connectivity index (χ0v) is 15.1. The third-order valence-electron chi connectivity index (χ3n) is 2.08. The number of carbonyl (C=O) groups is 2.